The van der Waals surface area contributed by atoms with E-state index in [0.29, 0.717) is 12.1 Å². The smallest absolute Gasteiger partial charge is 0.374 e. The van der Waals surface area contributed by atoms with E-state index >= 15 is 0 Å². The minimum atomic E-state index is -0.625. The van der Waals surface area contributed by atoms with Gasteiger partial charge >= 0.3 is 5.97 Å². The average molecular weight is 196 g/mol. The predicted octanol–water partition coefficient (Wildman–Crippen LogP) is 0.509. The average Bonchev–Trinajstić information content (AvgIpc) is 2.16. The zero-order chi connectivity index (χ0) is 10.6. The van der Waals surface area contributed by atoms with Crippen LogP contribution in [-0.4, -0.2) is 23.0 Å². The summed E-state index contributed by atoms with van der Waals surface area (Å²) in [7, 11) is 1.24. The van der Waals surface area contributed by atoms with Gasteiger partial charge in [0.25, 0.3) is 5.56 Å². The van der Waals surface area contributed by atoms with Crippen LogP contribution in [0, 0.1) is 0 Å². The maximum atomic E-state index is 11.1. The maximum absolute atomic E-state index is 11.1. The molecule has 0 spiro atoms. The fraction of sp³-hybridized carbons (Fsp3) is 0.444. The summed E-state index contributed by atoms with van der Waals surface area (Å²) in [5.41, 5.74) is 0.278. The lowest BCUT2D eigenvalue weighted by molar-refractivity contribution is 0.0586. The summed E-state index contributed by atoms with van der Waals surface area (Å²) >= 11 is 0. The number of carbonyl (C=O) groups excluding carboxylic acids is 1. The number of nitrogens with one attached hydrogen (secondary N) is 1. The molecule has 0 saturated carbocycles. The molecule has 0 aliphatic heterocycles. The van der Waals surface area contributed by atoms with E-state index in [-0.39, 0.29) is 11.4 Å². The molecule has 0 aliphatic rings. The van der Waals surface area contributed by atoms with Crippen molar-refractivity contribution >= 4 is 5.97 Å². The summed E-state index contributed by atoms with van der Waals surface area (Å²) in [5.74, 6) is -0.663. The van der Waals surface area contributed by atoms with Gasteiger partial charge in [0.1, 0.15) is 0 Å². The first kappa shape index (κ1) is 10.4. The molecule has 0 aliphatic carbocycles. The molecule has 1 aromatic heterocycles. The van der Waals surface area contributed by atoms with Crippen molar-refractivity contribution in [3.05, 3.63) is 27.9 Å². The fourth-order valence-electron chi connectivity index (χ4n) is 1.09. The first-order valence-electron chi connectivity index (χ1n) is 4.36. The molecule has 0 unspecified atom stereocenters. The topological polar surface area (TPSA) is 72.0 Å². The van der Waals surface area contributed by atoms with Crippen LogP contribution in [0.5, 0.6) is 0 Å². The number of aromatic amines is 1. The van der Waals surface area contributed by atoms with Gasteiger partial charge in [0.2, 0.25) is 5.82 Å². The number of nitrogens with zero attached hydrogens (tertiary/aromatic N) is 1. The second-order valence-corrected chi connectivity index (χ2v) is 2.83. The molecule has 1 heterocycles. The molecule has 5 nitrogen and oxygen atoms in total. The number of aryl methyl sites for hydroxylation is 1. The molecule has 5 heteroatoms. The third kappa shape index (κ3) is 2.42. The molecule has 76 valence electrons. The molecule has 0 amide bonds. The van der Waals surface area contributed by atoms with Crippen LogP contribution in [0.25, 0.3) is 0 Å². The van der Waals surface area contributed by atoms with E-state index in [0.717, 1.165) is 6.42 Å². The summed E-state index contributed by atoms with van der Waals surface area (Å²) in [6.45, 7) is 1.97. The maximum Gasteiger partial charge on any atom is 0.374 e. The van der Waals surface area contributed by atoms with Crippen LogP contribution in [0.2, 0.25) is 0 Å². The summed E-state index contributed by atoms with van der Waals surface area (Å²) in [6, 6.07) is 1.38. The van der Waals surface area contributed by atoms with Gasteiger partial charge in [-0.3, -0.25) is 4.79 Å². The number of rotatable bonds is 3. The van der Waals surface area contributed by atoms with Crippen molar-refractivity contribution < 1.29 is 9.53 Å². The SMILES string of the molecule is CCCc1cc(=O)[nH]c(C(=O)OC)n1. The van der Waals surface area contributed by atoms with Gasteiger partial charge in [-0.1, -0.05) is 13.3 Å². The standard InChI is InChI=1S/C9H12N2O3/c1-3-4-6-5-7(12)11-8(10-6)9(13)14-2/h5H,3-4H2,1-2H3,(H,10,11,12). The Kier molecular flexibility index (Phi) is 3.39. The van der Waals surface area contributed by atoms with Crippen molar-refractivity contribution in [2.75, 3.05) is 7.11 Å². The van der Waals surface area contributed by atoms with Gasteiger partial charge in [-0.05, 0) is 6.42 Å². The van der Waals surface area contributed by atoms with Crippen molar-refractivity contribution in [1.82, 2.24) is 9.97 Å². The Labute approximate surface area is 81.1 Å². The molecule has 14 heavy (non-hydrogen) atoms. The van der Waals surface area contributed by atoms with Gasteiger partial charge < -0.3 is 9.72 Å². The highest BCUT2D eigenvalue weighted by molar-refractivity contribution is 5.84. The molecular weight excluding hydrogens is 184 g/mol. The van der Waals surface area contributed by atoms with Gasteiger partial charge in [-0.15, -0.1) is 0 Å². The van der Waals surface area contributed by atoms with Crippen LogP contribution in [0.4, 0.5) is 0 Å². The van der Waals surface area contributed by atoms with E-state index in [4.69, 9.17) is 0 Å². The summed E-state index contributed by atoms with van der Waals surface area (Å²) in [4.78, 5) is 28.4. The Hall–Kier alpha value is -1.65. The van der Waals surface area contributed by atoms with Crippen LogP contribution in [0.3, 0.4) is 0 Å². The summed E-state index contributed by atoms with van der Waals surface area (Å²) < 4.78 is 4.45. The lowest BCUT2D eigenvalue weighted by Crippen LogP contribution is -2.17. The van der Waals surface area contributed by atoms with E-state index in [1.807, 2.05) is 6.92 Å². The number of H-pyrrole nitrogens is 1. The van der Waals surface area contributed by atoms with Gasteiger partial charge in [0.15, 0.2) is 0 Å². The number of ether oxygens (including phenoxy) is 1. The number of aromatic nitrogens is 2. The third-order valence-electron chi connectivity index (χ3n) is 1.68. The Morgan fingerprint density at radius 3 is 2.93 bits per heavy atom. The predicted molar refractivity (Wildman–Crippen MR) is 50.2 cm³/mol. The number of hydrogen-bond acceptors (Lipinski definition) is 4. The van der Waals surface area contributed by atoms with Gasteiger partial charge in [0, 0.05) is 11.8 Å². The highest BCUT2D eigenvalue weighted by Gasteiger charge is 2.09. The Balaban J connectivity index is 3.07. The Bertz CT molecular complexity index is 384. The second-order valence-electron chi connectivity index (χ2n) is 2.83. The summed E-state index contributed by atoms with van der Waals surface area (Å²) in [5, 5.41) is 0. The molecule has 1 aromatic rings. The molecule has 0 aromatic carbocycles. The minimum Gasteiger partial charge on any atom is -0.463 e. The van der Waals surface area contributed by atoms with Crippen molar-refractivity contribution in [2.45, 2.75) is 19.8 Å². The molecule has 0 saturated heterocycles. The van der Waals surface area contributed by atoms with Crippen LogP contribution in [-0.2, 0) is 11.2 Å². The third-order valence-corrected chi connectivity index (χ3v) is 1.68. The molecule has 0 bridgehead atoms. The normalized spacial score (nSPS) is 9.86. The highest BCUT2D eigenvalue weighted by atomic mass is 16.5. The molecule has 0 atom stereocenters. The number of esters is 1. The van der Waals surface area contributed by atoms with Crippen LogP contribution in [0.15, 0.2) is 10.9 Å². The van der Waals surface area contributed by atoms with Crippen LogP contribution in [0.1, 0.15) is 29.7 Å². The lowest BCUT2D eigenvalue weighted by Gasteiger charge is -2.00. The number of methoxy groups -OCH3 is 1. The molecule has 1 N–H and O–H groups in total. The van der Waals surface area contributed by atoms with E-state index in [1.54, 1.807) is 0 Å². The summed E-state index contributed by atoms with van der Waals surface area (Å²) in [6.07, 6.45) is 1.55. The van der Waals surface area contributed by atoms with Gasteiger partial charge in [-0.25, -0.2) is 9.78 Å². The van der Waals surface area contributed by atoms with E-state index in [9.17, 15) is 9.59 Å². The highest BCUT2D eigenvalue weighted by Crippen LogP contribution is 1.97. The van der Waals surface area contributed by atoms with Crippen LogP contribution >= 0.6 is 0 Å². The first-order valence-corrected chi connectivity index (χ1v) is 4.36. The molecule has 0 fully saturated rings. The molecule has 1 rings (SSSR count). The Morgan fingerprint density at radius 1 is 1.64 bits per heavy atom. The zero-order valence-corrected chi connectivity index (χ0v) is 8.16. The van der Waals surface area contributed by atoms with Crippen molar-refractivity contribution in [3.63, 3.8) is 0 Å². The zero-order valence-electron chi connectivity index (χ0n) is 8.16. The number of hydrogen-bond donors (Lipinski definition) is 1. The first-order chi connectivity index (χ1) is 6.67. The second kappa shape index (κ2) is 4.55. The van der Waals surface area contributed by atoms with E-state index in [2.05, 4.69) is 14.7 Å². The van der Waals surface area contributed by atoms with Gasteiger partial charge in [0.05, 0.1) is 7.11 Å². The van der Waals surface area contributed by atoms with Crippen molar-refractivity contribution in [1.29, 1.82) is 0 Å². The largest absolute Gasteiger partial charge is 0.463 e. The van der Waals surface area contributed by atoms with Crippen LogP contribution < -0.4 is 5.56 Å². The van der Waals surface area contributed by atoms with Crippen molar-refractivity contribution in [2.24, 2.45) is 0 Å². The van der Waals surface area contributed by atoms with Gasteiger partial charge in [-0.2, -0.15) is 0 Å². The van der Waals surface area contributed by atoms with E-state index < -0.39 is 5.97 Å². The fourth-order valence-corrected chi connectivity index (χ4v) is 1.09. The van der Waals surface area contributed by atoms with Crippen molar-refractivity contribution in [3.8, 4) is 0 Å². The Morgan fingerprint density at radius 2 is 2.36 bits per heavy atom. The number of carbonyl (C=O) groups is 1. The van der Waals surface area contributed by atoms with E-state index in [1.165, 1.54) is 13.2 Å². The minimum absolute atomic E-state index is 0.0385. The molecule has 0 radical (unpaired) electrons. The monoisotopic (exact) mass is 196 g/mol. The lowest BCUT2D eigenvalue weighted by atomic mass is 10.2. The molecular formula is C9H12N2O3. The quantitative estimate of drug-likeness (QED) is 0.715.